The number of aryl methyl sites for hydroxylation is 1. The number of halogens is 1. The van der Waals surface area contributed by atoms with Crippen LogP contribution in [-0.2, 0) is 6.42 Å². The molecule has 2 unspecified atom stereocenters. The second kappa shape index (κ2) is 9.08. The minimum Gasteiger partial charge on any atom is -0.410 e. The summed E-state index contributed by atoms with van der Waals surface area (Å²) in [5.74, 6) is 0.276. The molecule has 5 nitrogen and oxygen atoms in total. The summed E-state index contributed by atoms with van der Waals surface area (Å²) in [6.07, 6.45) is 7.10. The number of nitrogens with one attached hydrogen (secondary N) is 1. The van der Waals surface area contributed by atoms with Gasteiger partial charge in [0.25, 0.3) is 0 Å². The van der Waals surface area contributed by atoms with E-state index in [1.807, 2.05) is 31.3 Å². The zero-order chi connectivity index (χ0) is 24.6. The summed E-state index contributed by atoms with van der Waals surface area (Å²) >= 11 is 0. The molecule has 6 heteroatoms. The lowest BCUT2D eigenvalue weighted by Crippen LogP contribution is -2.44. The summed E-state index contributed by atoms with van der Waals surface area (Å²) < 4.78 is 18.9. The first-order valence-corrected chi connectivity index (χ1v) is 12.3. The molecule has 1 aliphatic heterocycles. The number of carbonyl (C=O) groups excluding carboxylic acids is 1. The molecule has 0 bridgehead atoms. The molecule has 0 aromatic heterocycles. The van der Waals surface area contributed by atoms with E-state index in [1.54, 1.807) is 18.2 Å². The van der Waals surface area contributed by atoms with Crippen molar-refractivity contribution in [2.75, 3.05) is 6.54 Å². The van der Waals surface area contributed by atoms with Crippen LogP contribution in [0.4, 0.5) is 9.18 Å². The first-order valence-electron chi connectivity index (χ1n) is 12.3. The Morgan fingerprint density at radius 1 is 1.23 bits per heavy atom. The monoisotopic (exact) mass is 474 g/mol. The van der Waals surface area contributed by atoms with Crippen LogP contribution in [0.1, 0.15) is 56.7 Å². The van der Waals surface area contributed by atoms with E-state index >= 15 is 0 Å². The molecule has 2 aromatic carbocycles. The third-order valence-electron chi connectivity index (χ3n) is 7.95. The second-order valence-electron chi connectivity index (χ2n) is 9.95. The molecule has 1 fully saturated rings. The zero-order valence-corrected chi connectivity index (χ0v) is 20.2. The van der Waals surface area contributed by atoms with Crippen molar-refractivity contribution in [1.82, 2.24) is 5.32 Å². The van der Waals surface area contributed by atoms with Gasteiger partial charge in [-0.2, -0.15) is 0 Å². The molecule has 5 rings (SSSR count). The smallest absolute Gasteiger partial charge is 0.410 e. The Labute approximate surface area is 205 Å². The number of benzene rings is 2. The summed E-state index contributed by atoms with van der Waals surface area (Å²) in [5.41, 5.74) is 4.18. The van der Waals surface area contributed by atoms with E-state index in [9.17, 15) is 14.3 Å². The SMILES string of the molecule is CCNC(=O)Oc1ccccc1CC[C@]1(O)CCC2=CC3=C(C=NC3c3ccc(F)cc3)CC21C. The van der Waals surface area contributed by atoms with E-state index in [-0.39, 0.29) is 17.3 Å². The zero-order valence-electron chi connectivity index (χ0n) is 20.2. The summed E-state index contributed by atoms with van der Waals surface area (Å²) in [6, 6.07) is 13.9. The lowest BCUT2D eigenvalue weighted by Gasteiger charge is -2.43. The summed E-state index contributed by atoms with van der Waals surface area (Å²) in [6.45, 7) is 4.50. The summed E-state index contributed by atoms with van der Waals surface area (Å²) in [4.78, 5) is 16.7. The van der Waals surface area contributed by atoms with E-state index in [0.29, 0.717) is 31.6 Å². The molecule has 35 heavy (non-hydrogen) atoms. The van der Waals surface area contributed by atoms with Gasteiger partial charge < -0.3 is 15.2 Å². The molecule has 1 amide bonds. The Bertz CT molecular complexity index is 1230. The number of ether oxygens (including phenoxy) is 1. The number of aliphatic hydroxyl groups is 1. The Kier molecular flexibility index (Phi) is 6.09. The van der Waals surface area contributed by atoms with Crippen molar-refractivity contribution in [3.63, 3.8) is 0 Å². The highest BCUT2D eigenvalue weighted by atomic mass is 19.1. The number of hydrogen-bond donors (Lipinski definition) is 2. The Hall–Kier alpha value is -3.25. The first kappa shape index (κ1) is 23.5. The van der Waals surface area contributed by atoms with Gasteiger partial charge in [0.2, 0.25) is 0 Å². The maximum absolute atomic E-state index is 13.4. The second-order valence-corrected chi connectivity index (χ2v) is 9.95. The number of para-hydroxylation sites is 1. The fourth-order valence-corrected chi connectivity index (χ4v) is 5.83. The fraction of sp³-hybridized carbons (Fsp3) is 0.379. The Balaban J connectivity index is 1.34. The van der Waals surface area contributed by atoms with Gasteiger partial charge in [0.15, 0.2) is 0 Å². The molecule has 2 N–H and O–H groups in total. The van der Waals surface area contributed by atoms with Gasteiger partial charge >= 0.3 is 6.09 Å². The molecule has 0 spiro atoms. The number of hydrogen-bond acceptors (Lipinski definition) is 4. The van der Waals surface area contributed by atoms with Gasteiger partial charge in [-0.25, -0.2) is 9.18 Å². The Morgan fingerprint density at radius 3 is 2.77 bits per heavy atom. The number of aliphatic imine (C=N–C) groups is 1. The maximum Gasteiger partial charge on any atom is 0.412 e. The maximum atomic E-state index is 13.4. The van der Waals surface area contributed by atoms with E-state index in [1.165, 1.54) is 17.7 Å². The van der Waals surface area contributed by atoms with Crippen molar-refractivity contribution in [1.29, 1.82) is 0 Å². The van der Waals surface area contributed by atoms with Crippen LogP contribution in [0.15, 0.2) is 76.3 Å². The van der Waals surface area contributed by atoms with Crippen LogP contribution in [0.5, 0.6) is 5.75 Å². The van der Waals surface area contributed by atoms with Crippen molar-refractivity contribution < 1.29 is 19.0 Å². The highest BCUT2D eigenvalue weighted by Crippen LogP contribution is 2.59. The minimum absolute atomic E-state index is 0.116. The van der Waals surface area contributed by atoms with Gasteiger partial charge in [-0.1, -0.05) is 48.9 Å². The van der Waals surface area contributed by atoms with Crippen molar-refractivity contribution in [2.45, 2.75) is 57.6 Å². The average Bonchev–Trinajstić information content (AvgIpc) is 3.35. The molecular weight excluding hydrogens is 443 g/mol. The molecule has 1 saturated carbocycles. The number of nitrogens with zero attached hydrogens (tertiary/aromatic N) is 1. The lowest BCUT2D eigenvalue weighted by atomic mass is 9.64. The van der Waals surface area contributed by atoms with Gasteiger partial charge in [0.1, 0.15) is 17.6 Å². The molecule has 1 heterocycles. The molecule has 0 saturated heterocycles. The minimum atomic E-state index is -0.877. The van der Waals surface area contributed by atoms with Gasteiger partial charge in [-0.15, -0.1) is 0 Å². The summed E-state index contributed by atoms with van der Waals surface area (Å²) in [5, 5.41) is 14.6. The van der Waals surface area contributed by atoms with Crippen LogP contribution < -0.4 is 10.1 Å². The van der Waals surface area contributed by atoms with Crippen molar-refractivity contribution >= 4 is 12.3 Å². The fourth-order valence-electron chi connectivity index (χ4n) is 5.83. The number of amides is 1. The van der Waals surface area contributed by atoms with Crippen molar-refractivity contribution in [3.8, 4) is 5.75 Å². The van der Waals surface area contributed by atoms with Crippen LogP contribution in [0.25, 0.3) is 0 Å². The molecule has 0 radical (unpaired) electrons. The van der Waals surface area contributed by atoms with Gasteiger partial charge in [-0.3, -0.25) is 4.99 Å². The third-order valence-corrected chi connectivity index (χ3v) is 7.95. The van der Waals surface area contributed by atoms with Crippen LogP contribution in [0.3, 0.4) is 0 Å². The number of allylic oxidation sites excluding steroid dienone is 1. The van der Waals surface area contributed by atoms with Gasteiger partial charge in [-0.05, 0) is 79.5 Å². The highest BCUT2D eigenvalue weighted by molar-refractivity contribution is 5.86. The predicted octanol–water partition coefficient (Wildman–Crippen LogP) is 5.85. The van der Waals surface area contributed by atoms with Crippen LogP contribution in [0.2, 0.25) is 0 Å². The van der Waals surface area contributed by atoms with E-state index in [4.69, 9.17) is 9.73 Å². The first-order chi connectivity index (χ1) is 16.8. The quantitative estimate of drug-likeness (QED) is 0.552. The standard InChI is InChI=1S/C29H31FN2O3/c1-3-31-27(33)35-25-7-5-4-6-19(25)12-14-29(34)15-13-22-16-24-21(17-28(22,29)2)18-32-26(24)20-8-10-23(30)11-9-20/h4-11,16,18,26,34H,3,12-15,17H2,1-2H3,(H,31,33)/t26?,28?,29-/m0/s1. The molecule has 182 valence electrons. The molecule has 3 aliphatic rings. The molecule has 2 aromatic rings. The number of fused-ring (bicyclic) bond motifs is 1. The molecular formula is C29H31FN2O3. The van der Waals surface area contributed by atoms with Gasteiger partial charge in [0.05, 0.1) is 5.60 Å². The van der Waals surface area contributed by atoms with Crippen molar-refractivity contribution in [3.05, 3.63) is 88.3 Å². The predicted molar refractivity (Wildman–Crippen MR) is 134 cm³/mol. The molecule has 3 atom stereocenters. The molecule has 2 aliphatic carbocycles. The van der Waals surface area contributed by atoms with Gasteiger partial charge in [0, 0.05) is 18.2 Å². The summed E-state index contributed by atoms with van der Waals surface area (Å²) in [7, 11) is 0. The average molecular weight is 475 g/mol. The van der Waals surface area contributed by atoms with E-state index in [0.717, 1.165) is 35.1 Å². The van der Waals surface area contributed by atoms with Crippen LogP contribution >= 0.6 is 0 Å². The Morgan fingerprint density at radius 2 is 2.00 bits per heavy atom. The normalized spacial score (nSPS) is 26.9. The van der Waals surface area contributed by atoms with Crippen LogP contribution in [-0.4, -0.2) is 29.6 Å². The van der Waals surface area contributed by atoms with E-state index < -0.39 is 11.7 Å². The lowest BCUT2D eigenvalue weighted by molar-refractivity contribution is -0.0459. The van der Waals surface area contributed by atoms with E-state index in [2.05, 4.69) is 18.3 Å². The number of rotatable bonds is 6. The van der Waals surface area contributed by atoms with Crippen LogP contribution in [0, 0.1) is 11.2 Å². The topological polar surface area (TPSA) is 70.9 Å². The largest absolute Gasteiger partial charge is 0.412 e. The third kappa shape index (κ3) is 4.20. The highest BCUT2D eigenvalue weighted by Gasteiger charge is 2.55. The van der Waals surface area contributed by atoms with Crippen molar-refractivity contribution in [2.24, 2.45) is 10.4 Å². The number of carbonyl (C=O) groups is 1.